The number of aliphatic hydroxyl groups is 1. The molecule has 1 rings (SSSR count). The van der Waals surface area contributed by atoms with Gasteiger partial charge in [-0.05, 0) is 43.4 Å². The largest absolute Gasteiger partial charge is 0.392 e. The van der Waals surface area contributed by atoms with Crippen molar-refractivity contribution in [3.05, 3.63) is 29.8 Å². The second-order valence-electron chi connectivity index (χ2n) is 5.45. The van der Waals surface area contributed by atoms with Gasteiger partial charge in [0.15, 0.2) is 9.84 Å². The summed E-state index contributed by atoms with van der Waals surface area (Å²) in [4.78, 5) is 0.364. The van der Waals surface area contributed by atoms with Gasteiger partial charge in [0.2, 0.25) is 0 Å². The second-order valence-corrected chi connectivity index (χ2v) is 7.56. The molecule has 5 heteroatoms. The Morgan fingerprint density at radius 2 is 1.75 bits per heavy atom. The van der Waals surface area contributed by atoms with E-state index in [1.54, 1.807) is 19.1 Å². The third-order valence-corrected chi connectivity index (χ3v) is 5.42. The van der Waals surface area contributed by atoms with Gasteiger partial charge in [-0.15, -0.1) is 0 Å². The number of hydrogen-bond acceptors (Lipinski definition) is 4. The summed E-state index contributed by atoms with van der Waals surface area (Å²) in [5, 5.41) is 9.79. The van der Waals surface area contributed by atoms with Gasteiger partial charge in [0.1, 0.15) is 0 Å². The molecule has 0 saturated heterocycles. The van der Waals surface area contributed by atoms with Crippen molar-refractivity contribution in [2.75, 3.05) is 5.75 Å². The molecule has 4 nitrogen and oxygen atoms in total. The highest BCUT2D eigenvalue weighted by molar-refractivity contribution is 7.91. The number of sulfone groups is 1. The lowest BCUT2D eigenvalue weighted by atomic mass is 9.93. The monoisotopic (exact) mass is 299 g/mol. The van der Waals surface area contributed by atoms with E-state index in [9.17, 15) is 13.5 Å². The van der Waals surface area contributed by atoms with Crippen molar-refractivity contribution < 1.29 is 13.5 Å². The molecule has 1 aromatic rings. The normalized spacial score (nSPS) is 16.6. The van der Waals surface area contributed by atoms with Gasteiger partial charge in [0, 0.05) is 6.04 Å². The van der Waals surface area contributed by atoms with E-state index >= 15 is 0 Å². The molecule has 114 valence electrons. The Kier molecular flexibility index (Phi) is 6.17. The van der Waals surface area contributed by atoms with Crippen LogP contribution in [-0.2, 0) is 9.84 Å². The third kappa shape index (κ3) is 4.58. The van der Waals surface area contributed by atoms with E-state index in [-0.39, 0.29) is 17.7 Å². The molecule has 0 amide bonds. The van der Waals surface area contributed by atoms with Gasteiger partial charge in [-0.25, -0.2) is 8.42 Å². The van der Waals surface area contributed by atoms with E-state index in [1.165, 1.54) is 0 Å². The van der Waals surface area contributed by atoms with Crippen LogP contribution in [0.2, 0.25) is 0 Å². The summed E-state index contributed by atoms with van der Waals surface area (Å²) in [5.74, 6) is 0.310. The zero-order valence-electron chi connectivity index (χ0n) is 12.4. The fourth-order valence-electron chi connectivity index (χ4n) is 2.10. The van der Waals surface area contributed by atoms with Crippen LogP contribution in [0.1, 0.15) is 45.1 Å². The summed E-state index contributed by atoms with van der Waals surface area (Å²) in [6.45, 7) is 5.63. The minimum absolute atomic E-state index is 0.138. The van der Waals surface area contributed by atoms with Crippen LogP contribution in [0, 0.1) is 0 Å². The first kappa shape index (κ1) is 17.1. The molecule has 0 saturated carbocycles. The highest BCUT2D eigenvalue weighted by Gasteiger charge is 2.17. The number of aliphatic hydroxyl groups excluding tert-OH is 1. The predicted molar refractivity (Wildman–Crippen MR) is 81.5 cm³/mol. The average molecular weight is 299 g/mol. The predicted octanol–water partition coefficient (Wildman–Crippen LogP) is 2.07. The van der Waals surface area contributed by atoms with Gasteiger partial charge in [0.05, 0.1) is 16.8 Å². The molecule has 0 aromatic heterocycles. The summed E-state index contributed by atoms with van der Waals surface area (Å²) >= 11 is 0. The summed E-state index contributed by atoms with van der Waals surface area (Å²) in [7, 11) is -3.16. The van der Waals surface area contributed by atoms with Crippen molar-refractivity contribution in [2.45, 2.75) is 56.6 Å². The van der Waals surface area contributed by atoms with Crippen molar-refractivity contribution in [2.24, 2.45) is 5.73 Å². The number of hydrogen-bond donors (Lipinski definition) is 2. The second kappa shape index (κ2) is 7.20. The minimum Gasteiger partial charge on any atom is -0.392 e. The average Bonchev–Trinajstić information content (AvgIpc) is 2.38. The van der Waals surface area contributed by atoms with Crippen molar-refractivity contribution in [1.82, 2.24) is 0 Å². The van der Waals surface area contributed by atoms with Crippen LogP contribution < -0.4 is 5.73 Å². The zero-order chi connectivity index (χ0) is 15.3. The summed E-state index contributed by atoms with van der Waals surface area (Å²) in [6, 6.07) is 6.67. The molecule has 0 heterocycles. The van der Waals surface area contributed by atoms with E-state index in [2.05, 4.69) is 0 Å². The number of benzene rings is 1. The summed E-state index contributed by atoms with van der Waals surface area (Å²) < 4.78 is 23.8. The van der Waals surface area contributed by atoms with Gasteiger partial charge in [0.25, 0.3) is 0 Å². The van der Waals surface area contributed by atoms with E-state index in [0.717, 1.165) is 5.56 Å². The number of rotatable bonds is 7. The molecular weight excluding hydrogens is 274 g/mol. The lowest BCUT2D eigenvalue weighted by Gasteiger charge is -2.19. The molecular formula is C15H25NO3S. The topological polar surface area (TPSA) is 80.4 Å². The molecule has 0 aliphatic rings. The molecule has 0 radical (unpaired) electrons. The van der Waals surface area contributed by atoms with E-state index in [0.29, 0.717) is 17.7 Å². The molecule has 20 heavy (non-hydrogen) atoms. The summed E-state index contributed by atoms with van der Waals surface area (Å²) in [5.41, 5.74) is 6.66. The third-order valence-electron chi connectivity index (χ3n) is 3.48. The van der Waals surface area contributed by atoms with E-state index < -0.39 is 15.9 Å². The van der Waals surface area contributed by atoms with Crippen LogP contribution in [0.3, 0.4) is 0 Å². The Morgan fingerprint density at radius 1 is 1.20 bits per heavy atom. The lowest BCUT2D eigenvalue weighted by molar-refractivity contribution is 0.134. The van der Waals surface area contributed by atoms with Crippen LogP contribution in [0.25, 0.3) is 0 Å². The zero-order valence-corrected chi connectivity index (χ0v) is 13.2. The minimum atomic E-state index is -3.16. The standard InChI is InChI=1S/C15H25NO3S/c1-4-9-20(18,19)14-7-5-13(6-8-14)11(2)10-15(17)12(3)16/h5-8,11-12,15,17H,4,9-10,16H2,1-3H3. The van der Waals surface area contributed by atoms with Crippen molar-refractivity contribution >= 4 is 9.84 Å². The highest BCUT2D eigenvalue weighted by Crippen LogP contribution is 2.23. The van der Waals surface area contributed by atoms with Crippen LogP contribution in [0.15, 0.2) is 29.2 Å². The molecule has 3 unspecified atom stereocenters. The van der Waals surface area contributed by atoms with Crippen molar-refractivity contribution in [3.8, 4) is 0 Å². The Labute approximate surface area is 121 Å². The molecule has 3 atom stereocenters. The Bertz CT molecular complexity index is 508. The maximum Gasteiger partial charge on any atom is 0.178 e. The Balaban J connectivity index is 2.81. The van der Waals surface area contributed by atoms with Crippen molar-refractivity contribution in [3.63, 3.8) is 0 Å². The fourth-order valence-corrected chi connectivity index (χ4v) is 3.43. The maximum atomic E-state index is 11.9. The molecule has 0 fully saturated rings. The first-order chi connectivity index (χ1) is 9.27. The maximum absolute atomic E-state index is 11.9. The van der Waals surface area contributed by atoms with Gasteiger partial charge >= 0.3 is 0 Å². The van der Waals surface area contributed by atoms with Gasteiger partial charge in [-0.2, -0.15) is 0 Å². The van der Waals surface area contributed by atoms with Crippen LogP contribution in [0.4, 0.5) is 0 Å². The van der Waals surface area contributed by atoms with E-state index in [4.69, 9.17) is 5.73 Å². The van der Waals surface area contributed by atoms with Gasteiger partial charge in [-0.1, -0.05) is 26.0 Å². The Hall–Kier alpha value is -0.910. The molecule has 1 aromatic carbocycles. The Morgan fingerprint density at radius 3 is 2.20 bits per heavy atom. The van der Waals surface area contributed by atoms with Gasteiger partial charge < -0.3 is 10.8 Å². The molecule has 0 aliphatic heterocycles. The molecule has 3 N–H and O–H groups in total. The highest BCUT2D eigenvalue weighted by atomic mass is 32.2. The van der Waals surface area contributed by atoms with Crippen LogP contribution in [0.5, 0.6) is 0 Å². The van der Waals surface area contributed by atoms with Crippen molar-refractivity contribution in [1.29, 1.82) is 0 Å². The molecule has 0 aliphatic carbocycles. The fraction of sp³-hybridized carbons (Fsp3) is 0.600. The molecule has 0 spiro atoms. The van der Waals surface area contributed by atoms with E-state index in [1.807, 2.05) is 26.0 Å². The van der Waals surface area contributed by atoms with Gasteiger partial charge in [-0.3, -0.25) is 0 Å². The van der Waals surface area contributed by atoms with Crippen LogP contribution in [-0.4, -0.2) is 31.4 Å². The lowest BCUT2D eigenvalue weighted by Crippen LogP contribution is -2.32. The quantitative estimate of drug-likeness (QED) is 0.807. The summed E-state index contributed by atoms with van der Waals surface area (Å²) in [6.07, 6.45) is 0.633. The first-order valence-electron chi connectivity index (χ1n) is 7.04. The first-order valence-corrected chi connectivity index (χ1v) is 8.69. The van der Waals surface area contributed by atoms with Crippen LogP contribution >= 0.6 is 0 Å². The molecule has 0 bridgehead atoms. The number of nitrogens with two attached hydrogens (primary N) is 1. The SMILES string of the molecule is CCCS(=O)(=O)c1ccc(C(C)CC(O)C(C)N)cc1. The smallest absolute Gasteiger partial charge is 0.178 e.